The summed E-state index contributed by atoms with van der Waals surface area (Å²) < 4.78 is 11.5. The van der Waals surface area contributed by atoms with Crippen molar-refractivity contribution in [2.24, 2.45) is 0 Å². The largest absolute Gasteiger partial charge is 0.369 e. The van der Waals surface area contributed by atoms with E-state index in [9.17, 15) is 9.59 Å². The van der Waals surface area contributed by atoms with Gasteiger partial charge in [-0.25, -0.2) is 0 Å². The molecule has 2 rings (SSSR count). The summed E-state index contributed by atoms with van der Waals surface area (Å²) in [5, 5.41) is 0. The molecule has 0 bridgehead atoms. The maximum Gasteiger partial charge on any atom is 0.158 e. The Kier molecular flexibility index (Phi) is 20.6. The number of unbranched alkanes of at least 4 members (excludes halogenated alkanes) is 6. The normalized spacial score (nSPS) is 11.5. The fourth-order valence-corrected chi connectivity index (χ4v) is 5.32. The molecule has 6 heteroatoms. The van der Waals surface area contributed by atoms with E-state index in [1.54, 1.807) is 0 Å². The number of benzene rings is 2. The van der Waals surface area contributed by atoms with Crippen molar-refractivity contribution in [2.75, 3.05) is 53.5 Å². The van der Waals surface area contributed by atoms with Crippen molar-refractivity contribution < 1.29 is 19.1 Å². The van der Waals surface area contributed by atoms with Gasteiger partial charge in [-0.2, -0.15) is 0 Å². The molecule has 0 saturated carbocycles. The molecule has 2 aromatic carbocycles. The van der Waals surface area contributed by atoms with Crippen LogP contribution in [-0.2, 0) is 32.3 Å². The van der Waals surface area contributed by atoms with Crippen molar-refractivity contribution in [1.82, 2.24) is 9.80 Å². The van der Waals surface area contributed by atoms with Gasteiger partial charge in [-0.15, -0.1) is 0 Å². The molecule has 0 aromatic heterocycles. The third kappa shape index (κ3) is 17.8. The number of rotatable bonds is 27. The molecule has 0 radical (unpaired) electrons. The Morgan fingerprint density at radius 3 is 1.39 bits per heavy atom. The van der Waals surface area contributed by atoms with E-state index in [0.29, 0.717) is 26.1 Å². The van der Waals surface area contributed by atoms with Gasteiger partial charge >= 0.3 is 0 Å². The minimum absolute atomic E-state index is 0.158. The zero-order chi connectivity index (χ0) is 31.8. The maximum atomic E-state index is 12.3. The molecule has 0 fully saturated rings. The number of hydrogen-bond donors (Lipinski definition) is 0. The molecule has 2 aromatic rings. The average Bonchev–Trinajstić information content (AvgIpc) is 3.02. The van der Waals surface area contributed by atoms with Crippen LogP contribution in [0, 0.1) is 0 Å². The standard InChI is InChI=1S/C38H60N2O4/c1-5-7-9-11-23-39(3)25-15-21-37(41)31-43-29-33-17-13-19-35(27-33)36-20-14-18-34(28-36)30-44-32-38(42)22-16-26-40(4)24-12-10-8-6-2/h13-14,17-20,27-28H,5-12,15-16,21-26,29-32H2,1-4H3. The van der Waals surface area contributed by atoms with Gasteiger partial charge in [0, 0.05) is 12.8 Å². The molecule has 0 spiro atoms. The predicted molar refractivity (Wildman–Crippen MR) is 183 cm³/mol. The lowest BCUT2D eigenvalue weighted by Gasteiger charge is -2.16. The van der Waals surface area contributed by atoms with E-state index in [2.05, 4.69) is 62.0 Å². The molecular weight excluding hydrogens is 548 g/mol. The number of hydrogen-bond acceptors (Lipinski definition) is 6. The third-order valence-electron chi connectivity index (χ3n) is 8.03. The van der Waals surface area contributed by atoms with Gasteiger partial charge in [0.15, 0.2) is 11.6 Å². The van der Waals surface area contributed by atoms with E-state index < -0.39 is 0 Å². The summed E-state index contributed by atoms with van der Waals surface area (Å²) in [4.78, 5) is 29.3. The highest BCUT2D eigenvalue weighted by Crippen LogP contribution is 2.22. The molecular formula is C38H60N2O4. The van der Waals surface area contributed by atoms with Crippen LogP contribution in [0.4, 0.5) is 0 Å². The number of ketones is 2. The summed E-state index contributed by atoms with van der Waals surface area (Å²) in [7, 11) is 4.28. The van der Waals surface area contributed by atoms with Gasteiger partial charge in [0.25, 0.3) is 0 Å². The summed E-state index contributed by atoms with van der Waals surface area (Å²) >= 11 is 0. The van der Waals surface area contributed by atoms with Crippen LogP contribution in [-0.4, -0.2) is 74.9 Å². The topological polar surface area (TPSA) is 59.1 Å². The van der Waals surface area contributed by atoms with E-state index >= 15 is 0 Å². The monoisotopic (exact) mass is 608 g/mol. The summed E-state index contributed by atoms with van der Waals surface area (Å²) in [5.74, 6) is 0.328. The average molecular weight is 609 g/mol. The number of ether oxygens (including phenoxy) is 2. The minimum atomic E-state index is 0.158. The van der Waals surface area contributed by atoms with Crippen molar-refractivity contribution in [3.05, 3.63) is 59.7 Å². The third-order valence-corrected chi connectivity index (χ3v) is 8.03. The Labute approximate surface area is 268 Å². The molecule has 0 N–H and O–H groups in total. The highest BCUT2D eigenvalue weighted by Gasteiger charge is 2.08. The van der Waals surface area contributed by atoms with Crippen LogP contribution in [0.25, 0.3) is 11.1 Å². The van der Waals surface area contributed by atoms with Crippen LogP contribution >= 0.6 is 0 Å². The molecule has 44 heavy (non-hydrogen) atoms. The molecule has 246 valence electrons. The van der Waals surface area contributed by atoms with Crippen LogP contribution in [0.2, 0.25) is 0 Å². The summed E-state index contributed by atoms with van der Waals surface area (Å²) in [5.41, 5.74) is 4.27. The first-order chi connectivity index (χ1) is 21.4. The van der Waals surface area contributed by atoms with E-state index in [0.717, 1.165) is 61.3 Å². The number of Topliss-reactive ketones (excluding diaryl/α,β-unsaturated/α-hetero) is 2. The highest BCUT2D eigenvalue weighted by molar-refractivity contribution is 5.80. The Hall–Kier alpha value is -2.38. The van der Waals surface area contributed by atoms with Gasteiger partial charge in [0.05, 0.1) is 13.2 Å². The van der Waals surface area contributed by atoms with Crippen molar-refractivity contribution in [3.8, 4) is 11.1 Å². The second-order valence-corrected chi connectivity index (χ2v) is 12.4. The second-order valence-electron chi connectivity index (χ2n) is 12.4. The van der Waals surface area contributed by atoms with Crippen molar-refractivity contribution in [1.29, 1.82) is 0 Å². The smallest absolute Gasteiger partial charge is 0.158 e. The Morgan fingerprint density at radius 2 is 0.977 bits per heavy atom. The van der Waals surface area contributed by atoms with Crippen molar-refractivity contribution in [3.63, 3.8) is 0 Å². The molecule has 0 amide bonds. The SMILES string of the molecule is CCCCCCN(C)CCCC(=O)COCc1cccc(-c2cccc(COCC(=O)CCCN(C)CCCCCC)c2)c1. The molecule has 0 heterocycles. The second kappa shape index (κ2) is 23.9. The van der Waals surface area contributed by atoms with Gasteiger partial charge in [-0.05, 0) is 100 Å². The number of carbonyl (C=O) groups excluding carboxylic acids is 2. The molecule has 6 nitrogen and oxygen atoms in total. The first-order valence-electron chi connectivity index (χ1n) is 17.2. The fraction of sp³-hybridized carbons (Fsp3) is 0.632. The highest BCUT2D eigenvalue weighted by atomic mass is 16.5. The van der Waals surface area contributed by atoms with Gasteiger partial charge in [-0.3, -0.25) is 9.59 Å². The summed E-state index contributed by atoms with van der Waals surface area (Å²) in [6.45, 7) is 9.73. The molecule has 0 unspecified atom stereocenters. The van der Waals surface area contributed by atoms with Crippen molar-refractivity contribution in [2.45, 2.75) is 104 Å². The van der Waals surface area contributed by atoms with Gasteiger partial charge in [-0.1, -0.05) is 88.8 Å². The lowest BCUT2D eigenvalue weighted by Crippen LogP contribution is -2.22. The van der Waals surface area contributed by atoms with E-state index in [1.807, 2.05) is 24.3 Å². The first kappa shape index (κ1) is 37.8. The Balaban J connectivity index is 1.67. The van der Waals surface area contributed by atoms with E-state index in [1.165, 1.54) is 51.4 Å². The van der Waals surface area contributed by atoms with Crippen molar-refractivity contribution >= 4 is 11.6 Å². The molecule has 0 atom stereocenters. The molecule has 0 saturated heterocycles. The lowest BCUT2D eigenvalue weighted by atomic mass is 10.0. The van der Waals surface area contributed by atoms with Crippen LogP contribution in [0.15, 0.2) is 48.5 Å². The maximum absolute atomic E-state index is 12.3. The number of nitrogens with zero attached hydrogens (tertiary/aromatic N) is 2. The van der Waals surface area contributed by atoms with Crippen LogP contribution < -0.4 is 0 Å². The van der Waals surface area contributed by atoms with E-state index in [4.69, 9.17) is 9.47 Å². The first-order valence-corrected chi connectivity index (χ1v) is 17.2. The van der Waals surface area contributed by atoms with Gasteiger partial charge in [0.1, 0.15) is 13.2 Å². The van der Waals surface area contributed by atoms with Crippen LogP contribution in [0.5, 0.6) is 0 Å². The van der Waals surface area contributed by atoms with Crippen LogP contribution in [0.1, 0.15) is 102 Å². The zero-order valence-corrected chi connectivity index (χ0v) is 28.3. The molecule has 0 aliphatic rings. The minimum Gasteiger partial charge on any atom is -0.369 e. The molecule has 0 aliphatic heterocycles. The fourth-order valence-electron chi connectivity index (χ4n) is 5.32. The van der Waals surface area contributed by atoms with Crippen LogP contribution in [0.3, 0.4) is 0 Å². The lowest BCUT2D eigenvalue weighted by molar-refractivity contribution is -0.124. The summed E-state index contributed by atoms with van der Waals surface area (Å²) in [6.07, 6.45) is 13.1. The van der Waals surface area contributed by atoms with Gasteiger partial charge < -0.3 is 19.3 Å². The Morgan fingerprint density at radius 1 is 0.568 bits per heavy atom. The van der Waals surface area contributed by atoms with E-state index in [-0.39, 0.29) is 24.8 Å². The number of carbonyl (C=O) groups is 2. The molecule has 0 aliphatic carbocycles. The summed E-state index contributed by atoms with van der Waals surface area (Å²) in [6, 6.07) is 16.5. The van der Waals surface area contributed by atoms with Gasteiger partial charge in [0.2, 0.25) is 0 Å². The Bertz CT molecular complexity index is 973. The quantitative estimate of drug-likeness (QED) is 0.0955. The zero-order valence-electron chi connectivity index (χ0n) is 28.3. The predicted octanol–water partition coefficient (Wildman–Crippen LogP) is 8.11.